The fourth-order valence-electron chi connectivity index (χ4n) is 4.31. The monoisotopic (exact) mass is 1050 g/mol. The average molecular weight is 1050 g/mol. The van der Waals surface area contributed by atoms with Gasteiger partial charge >= 0.3 is 129 Å². The Labute approximate surface area is 455 Å². The van der Waals surface area contributed by atoms with Gasteiger partial charge in [0.05, 0.1) is 30.5 Å². The van der Waals surface area contributed by atoms with E-state index in [1.165, 1.54) is 38.3 Å². The first-order valence-corrected chi connectivity index (χ1v) is 21.4. The van der Waals surface area contributed by atoms with Crippen LogP contribution < -0.4 is 133 Å². The van der Waals surface area contributed by atoms with Crippen molar-refractivity contribution in [1.29, 1.82) is 0 Å². The number of phenols is 2. The number of phenolic OH excluding ortho intramolecular Hbond substituents is 2. The zero-order chi connectivity index (χ0) is 43.7. The van der Waals surface area contributed by atoms with Crippen LogP contribution in [0, 0.1) is 19.9 Å². The summed E-state index contributed by atoms with van der Waals surface area (Å²) in [5.41, 5.74) is -0.342. The van der Waals surface area contributed by atoms with Gasteiger partial charge in [-0.2, -0.15) is 22.4 Å². The molecule has 34 heteroatoms. The number of hydrogen-bond acceptors (Lipinski definition) is 23. The number of rotatable bonds is 12. The van der Waals surface area contributed by atoms with E-state index in [1.807, 2.05) is 0 Å². The molecular weight excluding hydrogens is 1030 g/mol. The second kappa shape index (κ2) is 29.0. The number of anilines is 1. The van der Waals surface area contributed by atoms with Crippen molar-refractivity contribution in [2.75, 3.05) is 31.2 Å². The Morgan fingerprint density at radius 3 is 1.76 bits per heavy atom. The van der Waals surface area contributed by atoms with Crippen LogP contribution in [0.2, 0.25) is 0 Å². The third kappa shape index (κ3) is 21.6. The van der Waals surface area contributed by atoms with Gasteiger partial charge in [0.25, 0.3) is 0 Å². The Morgan fingerprint density at radius 2 is 1.29 bits per heavy atom. The summed E-state index contributed by atoms with van der Waals surface area (Å²) < 4.78 is 162. The van der Waals surface area contributed by atoms with Gasteiger partial charge in [0.2, 0.25) is 10.4 Å². The van der Waals surface area contributed by atoms with Gasteiger partial charge in [-0.15, -0.1) is 22.9 Å². The molecule has 4 aromatic rings. The van der Waals surface area contributed by atoms with Crippen LogP contribution in [0.3, 0.4) is 0 Å². The Morgan fingerprint density at radius 1 is 0.774 bits per heavy atom. The normalized spacial score (nSPS) is 11.1. The molecule has 62 heavy (non-hydrogen) atoms. The smallest absolute Gasteiger partial charge is 0.747 e. The number of aryl methyl sites for hydroxylation is 1. The van der Waals surface area contributed by atoms with Gasteiger partial charge < -0.3 is 45.6 Å². The van der Waals surface area contributed by atoms with Crippen LogP contribution in [0.15, 0.2) is 72.7 Å². The van der Waals surface area contributed by atoms with Gasteiger partial charge in [-0.05, 0) is 24.6 Å². The number of benzene rings is 4. The first-order valence-electron chi connectivity index (χ1n) is 14.4. The van der Waals surface area contributed by atoms with Crippen molar-refractivity contribution < 1.29 is 219 Å². The summed E-state index contributed by atoms with van der Waals surface area (Å²) in [6, 6.07) is 10.8. The molecule has 323 valence electrons. The van der Waals surface area contributed by atoms with Crippen LogP contribution in [-0.4, -0.2) is 101 Å². The summed E-state index contributed by atoms with van der Waals surface area (Å²) in [4.78, 5) is -0.856. The van der Waals surface area contributed by atoms with Gasteiger partial charge in [-0.25, -0.2) is 33.7 Å². The quantitative estimate of drug-likeness (QED) is 0.0336. The summed E-state index contributed by atoms with van der Waals surface area (Å²) in [6.07, 6.45) is 0. The van der Waals surface area contributed by atoms with Crippen molar-refractivity contribution in [3.63, 3.8) is 0 Å². The molecule has 0 bridgehead atoms. The fraction of sp³-hybridized carbons (Fsp3) is 0.179. The molecule has 0 fully saturated rings. The Bertz CT molecular complexity index is 2810. The van der Waals surface area contributed by atoms with E-state index in [-0.39, 0.29) is 196 Å². The van der Waals surface area contributed by atoms with Crippen LogP contribution in [0.4, 0.5) is 28.4 Å². The zero-order valence-electron chi connectivity index (χ0n) is 33.2. The number of nitrogens with one attached hydrogen (secondary N) is 1. The fourth-order valence-corrected chi connectivity index (χ4v) is 6.34. The molecule has 4 N–H and O–H groups in total. The van der Waals surface area contributed by atoms with Crippen molar-refractivity contribution in [1.82, 2.24) is 0 Å². The number of fused-ring (bicyclic) bond motifs is 1. The van der Waals surface area contributed by atoms with E-state index in [0.29, 0.717) is 0 Å². The molecular formula is C28H26CuN5Na4O19S5-. The van der Waals surface area contributed by atoms with E-state index >= 15 is 0 Å². The maximum absolute atomic E-state index is 12.2. The molecule has 0 aliphatic carbocycles. The van der Waals surface area contributed by atoms with Crippen LogP contribution >= 0.6 is 0 Å². The summed E-state index contributed by atoms with van der Waals surface area (Å²) in [5, 5.41) is 40.1. The second-order valence-electron chi connectivity index (χ2n) is 10.4. The number of azo groups is 2. The molecule has 0 aliphatic heterocycles. The second-order valence-corrected chi connectivity index (χ2v) is 16.5. The molecule has 1 radical (unpaired) electrons. The maximum Gasteiger partial charge on any atom is 1.00 e. The molecule has 0 aliphatic rings. The van der Waals surface area contributed by atoms with Crippen molar-refractivity contribution in [3.8, 4) is 23.0 Å². The molecule has 0 amide bonds. The number of nitrogens with zero attached hydrogens (tertiary/aromatic N) is 4. The first kappa shape index (κ1) is 67.7. The number of methoxy groups -OCH3 is 2. The van der Waals surface area contributed by atoms with Gasteiger partial charge in [0.15, 0.2) is 9.84 Å². The van der Waals surface area contributed by atoms with Crippen molar-refractivity contribution in [3.05, 3.63) is 61.0 Å². The molecule has 0 saturated heterocycles. The molecule has 0 heterocycles. The average Bonchev–Trinajstić information content (AvgIpc) is 3.08. The van der Waals surface area contributed by atoms with Crippen molar-refractivity contribution >= 4 is 90.3 Å². The third-order valence-corrected chi connectivity index (χ3v) is 9.62. The predicted octanol–water partition coefficient (Wildman–Crippen LogP) is -9.35. The van der Waals surface area contributed by atoms with Crippen molar-refractivity contribution in [2.24, 2.45) is 20.5 Å². The van der Waals surface area contributed by atoms with E-state index in [4.69, 9.17) is 39.6 Å². The Kier molecular flexibility index (Phi) is 31.7. The standard InChI is InChI=1S/C28H27N5O12S3.Cu.4Na.H2O4S.O3S/c1-5-46(36,37)25-12-22(34)20(10-15(25)2)31-30-19-9-6-16-17(28(19)35)7-8-18(29-14-47(38,39)40)27(16)33-32-21-11-24(45-4)26(48(41,42)43)13-23(21)44-3;;;;;;1-5(2,3)4;1-4(2)3/h6-8,10-13,29,34-35H,1,5,14H2,2-4H3,(H,38,39,40)(H,41,42,43);;;;;;(H2,1,2,3,4);/q-2;;4*+1;;/p-3. The minimum Gasteiger partial charge on any atom is -0.747 e. The van der Waals surface area contributed by atoms with Crippen molar-refractivity contribution in [2.45, 2.75) is 16.7 Å². The summed E-state index contributed by atoms with van der Waals surface area (Å²) >= 11 is 0. The first-order chi connectivity index (χ1) is 26.1. The van der Waals surface area contributed by atoms with Gasteiger partial charge in [0.1, 0.15) is 59.6 Å². The topological polar surface area (TPSA) is 398 Å². The van der Waals surface area contributed by atoms with Gasteiger partial charge in [-0.1, -0.05) is 22.6 Å². The van der Waals surface area contributed by atoms with E-state index in [2.05, 4.69) is 38.8 Å². The number of ether oxygens (including phenoxy) is 2. The van der Waals surface area contributed by atoms with Crippen LogP contribution in [-0.2, 0) is 68.1 Å². The van der Waals surface area contributed by atoms with Crippen LogP contribution in [0.1, 0.15) is 5.56 Å². The number of aromatic hydroxyl groups is 2. The molecule has 0 spiro atoms. The van der Waals surface area contributed by atoms with Crippen LogP contribution in [0.5, 0.6) is 23.0 Å². The largest absolute Gasteiger partial charge is 1.00 e. The Balaban J connectivity index is -0.00000109. The molecule has 0 saturated carbocycles. The van der Waals surface area contributed by atoms with Crippen LogP contribution in [0.25, 0.3) is 10.8 Å². The molecule has 4 rings (SSSR count). The molecule has 4 aromatic carbocycles. The molecule has 0 aromatic heterocycles. The third-order valence-electron chi connectivity index (χ3n) is 6.61. The summed E-state index contributed by atoms with van der Waals surface area (Å²) in [5.74, 6) is -3.04. The SMILES string of the molecule is O=S(=O)([O-])O.O=S(=O)=O.[CH2-]CS(=O)(=O)c1cc(O)c(N=Nc2[c-]cc3c(N=Nc4cc(OC)c(S(=O)(=O)[O-])cc4OC)c(NCS(=O)(=O)[O-])ccc3c2O)cc1C.[Cu].[Na+].[Na+].[Na+].[Na+]. The molecule has 0 atom stereocenters. The van der Waals surface area contributed by atoms with E-state index in [9.17, 15) is 44.6 Å². The van der Waals surface area contributed by atoms with Gasteiger partial charge in [0, 0.05) is 46.7 Å². The maximum atomic E-state index is 12.2. The van der Waals surface area contributed by atoms with E-state index in [0.717, 1.165) is 25.3 Å². The Hall–Kier alpha value is -0.881. The number of hydrogen-bond donors (Lipinski definition) is 4. The minimum atomic E-state index is -4.98. The molecule has 24 nitrogen and oxygen atoms in total. The predicted molar refractivity (Wildman–Crippen MR) is 191 cm³/mol. The number of sulfone groups is 1. The molecule has 0 unspecified atom stereocenters. The zero-order valence-corrected chi connectivity index (χ0v) is 46.2. The van der Waals surface area contributed by atoms with E-state index in [1.54, 1.807) is 0 Å². The van der Waals surface area contributed by atoms with Gasteiger partial charge in [-0.3, -0.25) is 4.55 Å². The summed E-state index contributed by atoms with van der Waals surface area (Å²) in [6.45, 7) is 4.87. The van der Waals surface area contributed by atoms with E-state index < -0.39 is 79.1 Å². The summed E-state index contributed by atoms with van der Waals surface area (Å²) in [7, 11) is -19.2. The minimum absolute atomic E-state index is 0.